The van der Waals surface area contributed by atoms with Crippen LogP contribution in [0.15, 0.2) is 151 Å². The molecule has 55 heavy (non-hydrogen) atoms. The van der Waals surface area contributed by atoms with Gasteiger partial charge in [0.2, 0.25) is 5.95 Å². The Balaban J connectivity index is 0.986. The summed E-state index contributed by atoms with van der Waals surface area (Å²) in [6.45, 7) is 4.81. The number of fused-ring (bicyclic) bond motifs is 11. The second-order valence-corrected chi connectivity index (χ2v) is 17.7. The molecule has 4 aliphatic carbocycles. The van der Waals surface area contributed by atoms with E-state index in [9.17, 15) is 0 Å². The Bertz CT molecular complexity index is 2980. The number of hydrogen-bond acceptors (Lipinski definition) is 3. The zero-order chi connectivity index (χ0) is 36.4. The molecule has 0 saturated heterocycles. The first-order valence-corrected chi connectivity index (χ1v) is 20.6. The monoisotopic (exact) mass is 725 g/mol. The van der Waals surface area contributed by atoms with Crippen molar-refractivity contribution in [3.8, 4) is 5.95 Å². The first kappa shape index (κ1) is 31.6. The molecular weight excluding hydrogens is 687 g/mol. The van der Waals surface area contributed by atoms with Gasteiger partial charge in [0.05, 0.1) is 22.2 Å². The summed E-state index contributed by atoms with van der Waals surface area (Å²) in [6.07, 6.45) is 15.3. The first-order valence-electron chi connectivity index (χ1n) is 19.7. The van der Waals surface area contributed by atoms with Gasteiger partial charge in [-0.1, -0.05) is 135 Å². The third-order valence-electron chi connectivity index (χ3n) is 13.2. The van der Waals surface area contributed by atoms with Crippen LogP contribution in [0.2, 0.25) is 0 Å². The highest BCUT2D eigenvalue weighted by Crippen LogP contribution is 2.56. The van der Waals surface area contributed by atoms with Gasteiger partial charge in [-0.25, -0.2) is 9.97 Å². The van der Waals surface area contributed by atoms with Crippen LogP contribution in [0, 0.1) is 11.8 Å². The summed E-state index contributed by atoms with van der Waals surface area (Å²) >= 11 is 2.08. The van der Waals surface area contributed by atoms with Crippen LogP contribution in [-0.2, 0) is 11.8 Å². The van der Waals surface area contributed by atoms with Crippen LogP contribution in [0.5, 0.6) is 0 Å². The van der Waals surface area contributed by atoms with Gasteiger partial charge in [0.15, 0.2) is 0 Å². The SMILES string of the molecule is CC1(C)c2ccccc2C2=CC=C(c3nc(-n4c5ccccc5c5cc(C6=CC7C8=C(CCc9ccccc98)SC7C=C6)ccc54)nc4ccccc34)CC21. The quantitative estimate of drug-likeness (QED) is 0.182. The van der Waals surface area contributed by atoms with E-state index in [4.69, 9.17) is 9.97 Å². The van der Waals surface area contributed by atoms with Crippen molar-refractivity contribution < 1.29 is 0 Å². The van der Waals surface area contributed by atoms with Crippen LogP contribution >= 0.6 is 11.8 Å². The predicted molar refractivity (Wildman–Crippen MR) is 231 cm³/mol. The topological polar surface area (TPSA) is 30.7 Å². The number of nitrogens with zero attached hydrogens (tertiary/aromatic N) is 3. The highest BCUT2D eigenvalue weighted by atomic mass is 32.2. The molecule has 4 heteroatoms. The van der Waals surface area contributed by atoms with Gasteiger partial charge in [0.1, 0.15) is 0 Å². The molecule has 1 aliphatic heterocycles. The van der Waals surface area contributed by atoms with E-state index >= 15 is 0 Å². The van der Waals surface area contributed by atoms with Gasteiger partial charge in [-0.15, -0.1) is 11.8 Å². The Hall–Kier alpha value is -5.71. The van der Waals surface area contributed by atoms with E-state index in [1.54, 1.807) is 10.5 Å². The van der Waals surface area contributed by atoms with Crippen LogP contribution in [0.4, 0.5) is 0 Å². The molecule has 5 aromatic carbocycles. The predicted octanol–water partition coefficient (Wildman–Crippen LogP) is 12.5. The van der Waals surface area contributed by atoms with Gasteiger partial charge in [-0.05, 0) is 110 Å². The minimum atomic E-state index is 0.0404. The molecule has 0 amide bonds. The molecule has 3 atom stereocenters. The van der Waals surface area contributed by atoms with Crippen molar-refractivity contribution in [2.75, 3.05) is 0 Å². The van der Waals surface area contributed by atoms with Gasteiger partial charge >= 0.3 is 0 Å². The highest BCUT2D eigenvalue weighted by Gasteiger charge is 2.44. The van der Waals surface area contributed by atoms with Gasteiger partial charge in [-0.2, -0.15) is 0 Å². The number of aryl methyl sites for hydroxylation is 1. The summed E-state index contributed by atoms with van der Waals surface area (Å²) in [5.74, 6) is 1.51. The number of benzene rings is 5. The molecule has 3 heterocycles. The van der Waals surface area contributed by atoms with Crippen molar-refractivity contribution in [1.29, 1.82) is 0 Å². The largest absolute Gasteiger partial charge is 0.278 e. The Labute approximate surface area is 325 Å². The minimum Gasteiger partial charge on any atom is -0.278 e. The number of rotatable bonds is 3. The molecular formula is C51H39N3S. The van der Waals surface area contributed by atoms with Gasteiger partial charge in [0, 0.05) is 27.3 Å². The Morgan fingerprint density at radius 3 is 2.44 bits per heavy atom. The van der Waals surface area contributed by atoms with Crippen molar-refractivity contribution in [3.63, 3.8) is 0 Å². The average molecular weight is 726 g/mol. The zero-order valence-electron chi connectivity index (χ0n) is 31.0. The van der Waals surface area contributed by atoms with Crippen LogP contribution in [0.1, 0.15) is 60.2 Å². The van der Waals surface area contributed by atoms with E-state index in [1.807, 2.05) is 0 Å². The lowest BCUT2D eigenvalue weighted by molar-refractivity contribution is 0.418. The van der Waals surface area contributed by atoms with Crippen molar-refractivity contribution in [2.45, 2.75) is 43.8 Å². The maximum absolute atomic E-state index is 5.51. The molecule has 3 unspecified atom stereocenters. The second kappa shape index (κ2) is 11.6. The van der Waals surface area contributed by atoms with E-state index in [-0.39, 0.29) is 5.41 Å². The molecule has 12 rings (SSSR count). The molecule has 0 spiro atoms. The summed E-state index contributed by atoms with van der Waals surface area (Å²) in [5.41, 5.74) is 16.9. The molecule has 3 nitrogen and oxygen atoms in total. The Morgan fingerprint density at radius 1 is 0.727 bits per heavy atom. The molecule has 0 saturated carbocycles. The Kier molecular flexibility index (Phi) is 6.70. The maximum Gasteiger partial charge on any atom is 0.235 e. The molecule has 7 aromatic rings. The number of thioether (sulfide) groups is 1. The molecule has 0 fully saturated rings. The summed E-state index contributed by atoms with van der Waals surface area (Å²) in [6, 6.07) is 42.3. The van der Waals surface area contributed by atoms with Crippen molar-refractivity contribution in [3.05, 3.63) is 184 Å². The lowest BCUT2D eigenvalue weighted by Crippen LogP contribution is -2.25. The fourth-order valence-corrected chi connectivity index (χ4v) is 11.9. The molecule has 0 radical (unpaired) electrons. The van der Waals surface area contributed by atoms with Crippen molar-refractivity contribution in [1.82, 2.24) is 14.5 Å². The normalized spacial score (nSPS) is 21.9. The summed E-state index contributed by atoms with van der Waals surface area (Å²) in [5, 5.41) is 4.01. The van der Waals surface area contributed by atoms with E-state index in [0.717, 1.165) is 52.8 Å². The number of hydrogen-bond donors (Lipinski definition) is 0. The zero-order valence-corrected chi connectivity index (χ0v) is 31.8. The van der Waals surface area contributed by atoms with Crippen LogP contribution < -0.4 is 0 Å². The van der Waals surface area contributed by atoms with Crippen molar-refractivity contribution >= 4 is 66.8 Å². The van der Waals surface area contributed by atoms with Crippen molar-refractivity contribution in [2.24, 2.45) is 11.8 Å². The maximum atomic E-state index is 5.51. The smallest absolute Gasteiger partial charge is 0.235 e. The molecule has 0 N–H and O–H groups in total. The number of aromatic nitrogens is 3. The highest BCUT2D eigenvalue weighted by molar-refractivity contribution is 8.04. The summed E-state index contributed by atoms with van der Waals surface area (Å²) < 4.78 is 2.29. The third-order valence-corrected chi connectivity index (χ3v) is 14.6. The van der Waals surface area contributed by atoms with Crippen LogP contribution in [-0.4, -0.2) is 19.8 Å². The van der Waals surface area contributed by atoms with Gasteiger partial charge in [-0.3, -0.25) is 4.57 Å². The standard InChI is InChI=1S/C51H39N3S/c1-51(2)41-16-8-5-13-35(41)36-23-19-33(29-42(36)51)49-38-15-6-9-17-43(38)52-50(53-49)54-44-18-10-7-14-37(44)39-27-31(20-24-45(39)54)32-22-25-46-40(28-32)48-34-12-4-3-11-30(34)21-26-47(48)55-46/h3-20,22-25,27-28,40,42,46H,21,26,29H2,1-2H3. The fraction of sp³-hybridized carbons (Fsp3) is 0.176. The third kappa shape index (κ3) is 4.58. The fourth-order valence-electron chi connectivity index (χ4n) is 10.5. The number of allylic oxidation sites excluding steroid dienone is 9. The lowest BCUT2D eigenvalue weighted by atomic mass is 9.72. The number of para-hydroxylation sites is 2. The van der Waals surface area contributed by atoms with E-state index < -0.39 is 0 Å². The molecule has 5 aliphatic rings. The second-order valence-electron chi connectivity index (χ2n) is 16.4. The lowest BCUT2D eigenvalue weighted by Gasteiger charge is -2.31. The van der Waals surface area contributed by atoms with E-state index in [2.05, 4.69) is 176 Å². The van der Waals surface area contributed by atoms with Crippen LogP contribution in [0.3, 0.4) is 0 Å². The summed E-state index contributed by atoms with van der Waals surface area (Å²) in [7, 11) is 0. The van der Waals surface area contributed by atoms with E-state index in [0.29, 0.717) is 17.1 Å². The Morgan fingerprint density at radius 2 is 1.51 bits per heavy atom. The van der Waals surface area contributed by atoms with Gasteiger partial charge in [0.25, 0.3) is 0 Å². The summed E-state index contributed by atoms with van der Waals surface area (Å²) in [4.78, 5) is 12.4. The molecule has 0 bridgehead atoms. The van der Waals surface area contributed by atoms with Crippen LogP contribution in [0.25, 0.3) is 60.9 Å². The van der Waals surface area contributed by atoms with Gasteiger partial charge < -0.3 is 0 Å². The molecule has 2 aromatic heterocycles. The minimum absolute atomic E-state index is 0.0404. The average Bonchev–Trinajstić information content (AvgIpc) is 3.85. The molecule has 264 valence electrons. The first-order chi connectivity index (χ1) is 27.0. The van der Waals surface area contributed by atoms with E-state index in [1.165, 1.54) is 55.3 Å².